The molecule has 4 rings (SSSR count). The molecule has 0 aliphatic carbocycles. The molecule has 0 atom stereocenters. The normalized spacial score (nSPS) is 11.7. The third-order valence-corrected chi connectivity index (χ3v) is 4.86. The first-order chi connectivity index (χ1) is 13.1. The molecule has 140 valence electrons. The van der Waals surface area contributed by atoms with Gasteiger partial charge >= 0.3 is 0 Å². The second-order valence-electron chi connectivity index (χ2n) is 6.89. The molecule has 2 aromatic carbocycles. The number of fused-ring (bicyclic) bond motifs is 4. The van der Waals surface area contributed by atoms with Crippen LogP contribution in [0.4, 0.5) is 0 Å². The zero-order valence-electron chi connectivity index (χ0n) is 16.2. The van der Waals surface area contributed by atoms with Gasteiger partial charge in [0.15, 0.2) is 5.65 Å². The van der Waals surface area contributed by atoms with Crippen molar-refractivity contribution in [2.75, 3.05) is 34.9 Å². The third kappa shape index (κ3) is 2.96. The van der Waals surface area contributed by atoms with Crippen molar-refractivity contribution in [3.8, 4) is 11.5 Å². The number of rotatable bonds is 6. The molecule has 0 saturated carbocycles. The van der Waals surface area contributed by atoms with E-state index in [0.29, 0.717) is 11.5 Å². The van der Waals surface area contributed by atoms with E-state index in [1.807, 2.05) is 18.2 Å². The van der Waals surface area contributed by atoms with Gasteiger partial charge in [-0.25, -0.2) is 9.97 Å². The number of aryl methyl sites for hydroxylation is 1. The van der Waals surface area contributed by atoms with E-state index in [0.717, 1.165) is 52.6 Å². The fraction of sp³-hybridized carbons (Fsp3) is 0.333. The molecule has 2 aromatic heterocycles. The van der Waals surface area contributed by atoms with E-state index in [1.54, 1.807) is 14.2 Å². The van der Waals surface area contributed by atoms with Crippen LogP contribution in [0, 0.1) is 0 Å². The highest BCUT2D eigenvalue weighted by atomic mass is 16.5. The smallest absolute Gasteiger partial charge is 0.160 e. The summed E-state index contributed by atoms with van der Waals surface area (Å²) in [6.07, 6.45) is 1.04. The highest BCUT2D eigenvalue weighted by Crippen LogP contribution is 2.35. The van der Waals surface area contributed by atoms with E-state index in [-0.39, 0.29) is 0 Å². The van der Waals surface area contributed by atoms with E-state index >= 15 is 0 Å². The summed E-state index contributed by atoms with van der Waals surface area (Å²) >= 11 is 0. The van der Waals surface area contributed by atoms with Crippen molar-refractivity contribution in [1.82, 2.24) is 19.4 Å². The number of methoxy groups -OCH3 is 2. The second kappa shape index (κ2) is 7.04. The number of para-hydroxylation sites is 1. The molecular weight excluding hydrogens is 340 g/mol. The van der Waals surface area contributed by atoms with Crippen LogP contribution in [-0.4, -0.2) is 54.3 Å². The molecule has 0 spiro atoms. The van der Waals surface area contributed by atoms with Crippen LogP contribution in [0.5, 0.6) is 11.5 Å². The SMILES string of the molecule is COc1ccc(OC)c2nc3c(nc12)c1ccccc1n3CCCN(C)C. The van der Waals surface area contributed by atoms with Gasteiger partial charge in [0.1, 0.15) is 28.0 Å². The van der Waals surface area contributed by atoms with Gasteiger partial charge in [0.05, 0.1) is 19.7 Å². The summed E-state index contributed by atoms with van der Waals surface area (Å²) in [5.74, 6) is 1.40. The summed E-state index contributed by atoms with van der Waals surface area (Å²) in [5, 5.41) is 1.11. The van der Waals surface area contributed by atoms with Crippen LogP contribution in [0.25, 0.3) is 33.1 Å². The first-order valence-electron chi connectivity index (χ1n) is 9.08. The standard InChI is InChI=1S/C21H24N4O2/c1-24(2)12-7-13-25-15-9-6-5-8-14(15)18-21(25)23-20-17(27-4)11-10-16(26-3)19(20)22-18/h5-6,8-11H,7,12-13H2,1-4H3. The lowest BCUT2D eigenvalue weighted by molar-refractivity contribution is 0.389. The van der Waals surface area contributed by atoms with Crippen molar-refractivity contribution < 1.29 is 9.47 Å². The fourth-order valence-corrected chi connectivity index (χ4v) is 3.57. The van der Waals surface area contributed by atoms with E-state index < -0.39 is 0 Å². The Morgan fingerprint density at radius 1 is 0.889 bits per heavy atom. The Hall–Kier alpha value is -2.86. The highest BCUT2D eigenvalue weighted by Gasteiger charge is 2.18. The number of hydrogen-bond acceptors (Lipinski definition) is 5. The monoisotopic (exact) mass is 364 g/mol. The molecule has 6 heteroatoms. The Morgan fingerprint density at radius 3 is 2.22 bits per heavy atom. The topological polar surface area (TPSA) is 52.4 Å². The summed E-state index contributed by atoms with van der Waals surface area (Å²) < 4.78 is 13.3. The number of aromatic nitrogens is 3. The number of ether oxygens (including phenoxy) is 2. The lowest BCUT2D eigenvalue weighted by Gasteiger charge is -2.12. The van der Waals surface area contributed by atoms with Crippen molar-refractivity contribution in [1.29, 1.82) is 0 Å². The van der Waals surface area contributed by atoms with Gasteiger partial charge in [-0.2, -0.15) is 0 Å². The Kier molecular flexibility index (Phi) is 4.58. The van der Waals surface area contributed by atoms with E-state index in [9.17, 15) is 0 Å². The van der Waals surface area contributed by atoms with Crippen LogP contribution in [-0.2, 0) is 6.54 Å². The Labute approximate surface area is 158 Å². The van der Waals surface area contributed by atoms with Crippen molar-refractivity contribution in [2.24, 2.45) is 0 Å². The van der Waals surface area contributed by atoms with E-state index in [2.05, 4.69) is 41.8 Å². The maximum Gasteiger partial charge on any atom is 0.160 e. The summed E-state index contributed by atoms with van der Waals surface area (Å²) in [6.45, 7) is 1.90. The predicted molar refractivity (Wildman–Crippen MR) is 109 cm³/mol. The number of benzene rings is 2. The molecule has 0 saturated heterocycles. The molecule has 0 fully saturated rings. The van der Waals surface area contributed by atoms with Gasteiger partial charge < -0.3 is 18.9 Å². The maximum absolute atomic E-state index is 5.53. The van der Waals surface area contributed by atoms with E-state index in [1.165, 1.54) is 0 Å². The molecule has 27 heavy (non-hydrogen) atoms. The summed E-state index contributed by atoms with van der Waals surface area (Å²) in [4.78, 5) is 12.1. The molecular formula is C21H24N4O2. The van der Waals surface area contributed by atoms with Crippen molar-refractivity contribution in [3.05, 3.63) is 36.4 Å². The van der Waals surface area contributed by atoms with Gasteiger partial charge in [-0.15, -0.1) is 0 Å². The minimum Gasteiger partial charge on any atom is -0.494 e. The highest BCUT2D eigenvalue weighted by molar-refractivity contribution is 6.07. The van der Waals surface area contributed by atoms with Crippen molar-refractivity contribution >= 4 is 33.1 Å². The van der Waals surface area contributed by atoms with Crippen LogP contribution in [0.2, 0.25) is 0 Å². The van der Waals surface area contributed by atoms with Gasteiger partial charge in [0.25, 0.3) is 0 Å². The van der Waals surface area contributed by atoms with Crippen molar-refractivity contribution in [3.63, 3.8) is 0 Å². The first kappa shape index (κ1) is 17.5. The summed E-state index contributed by atoms with van der Waals surface area (Å²) in [6, 6.07) is 12.1. The maximum atomic E-state index is 5.53. The largest absolute Gasteiger partial charge is 0.494 e. The molecule has 0 radical (unpaired) electrons. The Morgan fingerprint density at radius 2 is 1.56 bits per heavy atom. The van der Waals surface area contributed by atoms with Gasteiger partial charge in [0.2, 0.25) is 0 Å². The molecule has 4 aromatic rings. The van der Waals surface area contributed by atoms with E-state index in [4.69, 9.17) is 19.4 Å². The fourth-order valence-electron chi connectivity index (χ4n) is 3.57. The minimum atomic E-state index is 0.699. The van der Waals surface area contributed by atoms with Gasteiger partial charge in [-0.1, -0.05) is 18.2 Å². The molecule has 6 nitrogen and oxygen atoms in total. The zero-order chi connectivity index (χ0) is 19.0. The molecule has 0 aliphatic rings. The minimum absolute atomic E-state index is 0.699. The molecule has 0 bridgehead atoms. The quantitative estimate of drug-likeness (QED) is 0.522. The van der Waals surface area contributed by atoms with Gasteiger partial charge in [0, 0.05) is 11.9 Å². The molecule has 0 aliphatic heterocycles. The second-order valence-corrected chi connectivity index (χ2v) is 6.89. The van der Waals surface area contributed by atoms with Crippen LogP contribution in [0.15, 0.2) is 36.4 Å². The molecule has 0 unspecified atom stereocenters. The average molecular weight is 364 g/mol. The Bertz CT molecular complexity index is 1120. The Balaban J connectivity index is 2.01. The molecule has 2 heterocycles. The number of nitrogens with zero attached hydrogens (tertiary/aromatic N) is 4. The average Bonchev–Trinajstić information content (AvgIpc) is 2.98. The zero-order valence-corrected chi connectivity index (χ0v) is 16.2. The van der Waals surface area contributed by atoms with Gasteiger partial charge in [-0.3, -0.25) is 0 Å². The summed E-state index contributed by atoms with van der Waals surface area (Å²) in [7, 11) is 7.49. The lowest BCUT2D eigenvalue weighted by Crippen LogP contribution is -2.15. The molecule has 0 amide bonds. The van der Waals surface area contributed by atoms with Crippen LogP contribution in [0.1, 0.15) is 6.42 Å². The van der Waals surface area contributed by atoms with Crippen LogP contribution >= 0.6 is 0 Å². The van der Waals surface area contributed by atoms with Crippen LogP contribution in [0.3, 0.4) is 0 Å². The summed E-state index contributed by atoms with van der Waals surface area (Å²) in [5.41, 5.74) is 4.38. The lowest BCUT2D eigenvalue weighted by atomic mass is 10.2. The van der Waals surface area contributed by atoms with Gasteiger partial charge in [-0.05, 0) is 45.3 Å². The van der Waals surface area contributed by atoms with Crippen molar-refractivity contribution in [2.45, 2.75) is 13.0 Å². The molecule has 0 N–H and O–H groups in total. The third-order valence-electron chi connectivity index (χ3n) is 4.86. The number of hydrogen-bond donors (Lipinski definition) is 0. The predicted octanol–water partition coefficient (Wildman–Crippen LogP) is 3.71. The first-order valence-corrected chi connectivity index (χ1v) is 9.08. The van der Waals surface area contributed by atoms with Crippen LogP contribution < -0.4 is 9.47 Å².